The molecule has 4 heterocycles. The summed E-state index contributed by atoms with van der Waals surface area (Å²) in [5, 5.41) is 22.2. The molecule has 0 radical (unpaired) electrons. The molecule has 2 aromatic rings. The molecule has 3 saturated heterocycles. The first-order valence-electron chi connectivity index (χ1n) is 25.5. The van der Waals surface area contributed by atoms with Crippen LogP contribution in [0.5, 0.6) is 0 Å². The zero-order chi connectivity index (χ0) is 51.8. The maximum absolute atomic E-state index is 13.8. The van der Waals surface area contributed by atoms with Crippen LogP contribution in [0.1, 0.15) is 97.6 Å². The number of benzene rings is 1. The number of fused-ring (bicyclic) bond motifs is 8. The molecule has 27 heteroatoms. The summed E-state index contributed by atoms with van der Waals surface area (Å²) in [4.78, 5) is 43.1. The molecule has 1 spiro atoms. The Morgan fingerprint density at radius 3 is 2.25 bits per heavy atom. The molecule has 1 aromatic heterocycles. The lowest BCUT2D eigenvalue weighted by Crippen LogP contribution is -2.57. The highest BCUT2D eigenvalue weighted by molar-refractivity contribution is 8.76. The number of nitrogens with zero attached hydrogens (tertiary/aromatic N) is 2. The second-order valence-electron chi connectivity index (χ2n) is 21.0. The summed E-state index contributed by atoms with van der Waals surface area (Å²) in [5.74, 6) is 3.33. The SMILES string of the molecule is CCCOCC(O)COP(=O)(O)OCCOCCOP(=O)(O)OC1CC(n2ccc3ccc([N+](=O)[O-])cc32)OC1COP(=O)(O)OC1CCC2(C)C(CCC3C2CCC2(C)C3CCC23OC2CSSCC2O3)C1. The van der Waals surface area contributed by atoms with Gasteiger partial charge in [0, 0.05) is 60.1 Å². The van der Waals surface area contributed by atoms with Crippen LogP contribution in [-0.4, -0.2) is 136 Å². The zero-order valence-corrected chi connectivity index (χ0v) is 45.8. The molecule has 3 aliphatic heterocycles. The summed E-state index contributed by atoms with van der Waals surface area (Å²) in [6.45, 7) is 4.66. The Bertz CT molecular complexity index is 2380. The Morgan fingerprint density at radius 2 is 1.52 bits per heavy atom. The maximum atomic E-state index is 13.8. The minimum absolute atomic E-state index is 0.0342. The van der Waals surface area contributed by atoms with Crippen molar-refractivity contribution in [1.29, 1.82) is 0 Å². The van der Waals surface area contributed by atoms with Gasteiger partial charge in [0.05, 0.1) is 75.0 Å². The van der Waals surface area contributed by atoms with Crippen molar-refractivity contribution in [1.82, 2.24) is 4.57 Å². The first kappa shape index (κ1) is 56.7. The average Bonchev–Trinajstić information content (AvgIpc) is 4.12. The number of aliphatic hydroxyl groups is 1. The number of phosphoric ester groups is 3. The number of aliphatic hydroxyl groups excluding tert-OH is 1. The van der Waals surface area contributed by atoms with Crippen molar-refractivity contribution in [3.8, 4) is 0 Å². The molecular weight excluding hydrogens is 1060 g/mol. The van der Waals surface area contributed by atoms with Gasteiger partial charge in [-0.05, 0) is 99.0 Å². The molecule has 4 N–H and O–H groups in total. The molecule has 4 saturated carbocycles. The molecular formula is C46H71N2O20P3S2. The van der Waals surface area contributed by atoms with Crippen molar-refractivity contribution in [2.75, 3.05) is 64.4 Å². The second-order valence-corrected chi connectivity index (χ2v) is 27.8. The van der Waals surface area contributed by atoms with Crippen LogP contribution in [0.2, 0.25) is 0 Å². The first-order valence-corrected chi connectivity index (χ1v) is 32.5. The fourth-order valence-electron chi connectivity index (χ4n) is 13.2. The van der Waals surface area contributed by atoms with Gasteiger partial charge in [0.1, 0.15) is 24.5 Å². The summed E-state index contributed by atoms with van der Waals surface area (Å²) in [5.41, 5.74) is 0.301. The minimum atomic E-state index is -4.87. The molecule has 16 unspecified atom stereocenters. The predicted octanol–water partition coefficient (Wildman–Crippen LogP) is 8.70. The first-order chi connectivity index (χ1) is 34.7. The monoisotopic (exact) mass is 1130 g/mol. The summed E-state index contributed by atoms with van der Waals surface area (Å²) < 4.78 is 103. The Hall–Kier alpha value is -1.05. The number of hydrogen-bond acceptors (Lipinski definition) is 19. The molecule has 412 valence electrons. The van der Waals surface area contributed by atoms with Gasteiger partial charge in [-0.15, -0.1) is 0 Å². The number of rotatable bonds is 24. The van der Waals surface area contributed by atoms with Gasteiger partial charge in [-0.25, -0.2) is 13.7 Å². The number of hydrogen-bond donors (Lipinski definition) is 4. The van der Waals surface area contributed by atoms with E-state index in [-0.39, 0.29) is 55.0 Å². The van der Waals surface area contributed by atoms with Crippen LogP contribution in [0.25, 0.3) is 10.9 Å². The highest BCUT2D eigenvalue weighted by Gasteiger charge is 2.69. The molecule has 22 nitrogen and oxygen atoms in total. The third kappa shape index (κ3) is 12.7. The summed E-state index contributed by atoms with van der Waals surface area (Å²) in [7, 11) is -10.4. The smallest absolute Gasteiger partial charge is 0.388 e. The fraction of sp³-hybridized carbons (Fsp3) is 0.826. The summed E-state index contributed by atoms with van der Waals surface area (Å²) >= 11 is 0. The number of aromatic nitrogens is 1. The zero-order valence-electron chi connectivity index (χ0n) is 41.5. The molecule has 7 aliphatic rings. The fourth-order valence-corrected chi connectivity index (χ4v) is 18.3. The van der Waals surface area contributed by atoms with Crippen molar-refractivity contribution >= 4 is 61.6 Å². The van der Waals surface area contributed by atoms with Gasteiger partial charge in [0.25, 0.3) is 5.69 Å². The van der Waals surface area contributed by atoms with Crippen LogP contribution in [0.4, 0.5) is 5.69 Å². The number of non-ortho nitro benzene ring substituents is 1. The van der Waals surface area contributed by atoms with E-state index >= 15 is 0 Å². The summed E-state index contributed by atoms with van der Waals surface area (Å²) in [6.07, 6.45) is 5.91. The highest BCUT2D eigenvalue weighted by atomic mass is 33.1. The Balaban J connectivity index is 0.777. The van der Waals surface area contributed by atoms with Gasteiger partial charge in [-0.2, -0.15) is 0 Å². The molecule has 1 aromatic carbocycles. The molecule has 4 aliphatic carbocycles. The van der Waals surface area contributed by atoms with Gasteiger partial charge in [-0.3, -0.25) is 37.3 Å². The third-order valence-corrected chi connectivity index (χ3v) is 22.2. The van der Waals surface area contributed by atoms with Crippen LogP contribution < -0.4 is 0 Å². The van der Waals surface area contributed by atoms with Crippen molar-refractivity contribution in [3.05, 3.63) is 40.6 Å². The van der Waals surface area contributed by atoms with Gasteiger partial charge in [0.2, 0.25) is 0 Å². The van der Waals surface area contributed by atoms with E-state index in [1.165, 1.54) is 12.1 Å². The van der Waals surface area contributed by atoms with E-state index in [1.54, 1.807) is 22.9 Å². The number of nitro groups is 1. The topological polar surface area (TPSA) is 282 Å². The van der Waals surface area contributed by atoms with E-state index in [0.717, 1.165) is 62.9 Å². The van der Waals surface area contributed by atoms with Crippen LogP contribution in [0.15, 0.2) is 30.5 Å². The van der Waals surface area contributed by atoms with Crippen LogP contribution in [0.3, 0.4) is 0 Å². The van der Waals surface area contributed by atoms with Crippen LogP contribution >= 0.6 is 45.1 Å². The third-order valence-electron chi connectivity index (χ3n) is 16.7. The lowest BCUT2D eigenvalue weighted by Gasteiger charge is -2.61. The van der Waals surface area contributed by atoms with Gasteiger partial charge in [-0.1, -0.05) is 42.4 Å². The summed E-state index contributed by atoms with van der Waals surface area (Å²) in [6, 6.07) is 6.06. The van der Waals surface area contributed by atoms with Crippen molar-refractivity contribution in [2.45, 2.75) is 140 Å². The van der Waals surface area contributed by atoms with Crippen molar-refractivity contribution < 1.29 is 89.2 Å². The molecule has 73 heavy (non-hydrogen) atoms. The van der Waals surface area contributed by atoms with E-state index < -0.39 is 91.2 Å². The van der Waals surface area contributed by atoms with Crippen molar-refractivity contribution in [3.63, 3.8) is 0 Å². The normalized spacial score (nSPS) is 38.0. The molecule has 0 bridgehead atoms. The quantitative estimate of drug-likeness (QED) is 0.0251. The second kappa shape index (κ2) is 23.3. The number of phosphoric acid groups is 3. The maximum Gasteiger partial charge on any atom is 0.472 e. The Morgan fingerprint density at radius 1 is 0.808 bits per heavy atom. The molecule has 7 fully saturated rings. The van der Waals surface area contributed by atoms with E-state index in [2.05, 4.69) is 13.8 Å². The molecule has 16 atom stereocenters. The average molecular weight is 1130 g/mol. The minimum Gasteiger partial charge on any atom is -0.388 e. The standard InChI is InChI=1S/C46H71N2O20P3S2/c1-4-17-59-25-33(49)26-62-69(52,53)60-20-18-58-19-21-61-70(54,55)68-39-24-43(47-16-12-30-5-7-32(48(50)51)23-38(30)47)64-40(39)27-63-71(56,57)67-34-9-13-44(2)31(22-34)6-8-35-36(44)10-14-45(3)37(35)11-15-46(45)65-41-28-72-73-29-42(41)66-46/h5,7,12,16,23,31,33-37,39-43,49H,4,6,8-11,13-15,17-22,24-29H2,1-3H3,(H,52,53)(H,54,55)(H,56,57). The highest BCUT2D eigenvalue weighted by Crippen LogP contribution is 2.71. The van der Waals surface area contributed by atoms with E-state index in [9.17, 15) is 43.6 Å². The van der Waals surface area contributed by atoms with E-state index in [4.69, 9.17) is 50.8 Å². The Labute approximate surface area is 433 Å². The Kier molecular flexibility index (Phi) is 18.1. The van der Waals surface area contributed by atoms with Crippen LogP contribution in [-0.2, 0) is 64.5 Å². The van der Waals surface area contributed by atoms with E-state index in [0.29, 0.717) is 54.0 Å². The van der Waals surface area contributed by atoms with Gasteiger partial charge in [0.15, 0.2) is 5.79 Å². The van der Waals surface area contributed by atoms with Crippen molar-refractivity contribution in [2.24, 2.45) is 34.5 Å². The molecule has 9 rings (SSSR count). The van der Waals surface area contributed by atoms with Crippen LogP contribution in [0, 0.1) is 44.6 Å². The predicted molar refractivity (Wildman–Crippen MR) is 267 cm³/mol. The molecule has 0 amide bonds. The lowest BCUT2D eigenvalue weighted by atomic mass is 9.45. The van der Waals surface area contributed by atoms with Gasteiger partial charge >= 0.3 is 23.5 Å². The number of nitro benzene ring substituents is 1. The van der Waals surface area contributed by atoms with Gasteiger partial charge < -0.3 is 48.0 Å². The lowest BCUT2D eigenvalue weighted by molar-refractivity contribution is -0.384. The number of ether oxygens (including phenoxy) is 5. The largest absolute Gasteiger partial charge is 0.472 e. The van der Waals surface area contributed by atoms with E-state index in [1.807, 2.05) is 28.5 Å².